The van der Waals surface area contributed by atoms with E-state index in [0.29, 0.717) is 0 Å². The van der Waals surface area contributed by atoms with Crippen LogP contribution in [0.3, 0.4) is 0 Å². The van der Waals surface area contributed by atoms with Crippen LogP contribution >= 0.6 is 0 Å². The minimum atomic E-state index is -0.0682. The molecule has 0 amide bonds. The van der Waals surface area contributed by atoms with Crippen molar-refractivity contribution < 1.29 is 5.11 Å². The van der Waals surface area contributed by atoms with Crippen molar-refractivity contribution in [2.45, 2.75) is 64.1 Å². The molecule has 2 N–H and O–H groups in total. The third-order valence-corrected chi connectivity index (χ3v) is 4.00. The largest absolute Gasteiger partial charge is 0.394 e. The molecule has 1 saturated carbocycles. The van der Waals surface area contributed by atoms with Crippen LogP contribution in [0.1, 0.15) is 51.3 Å². The highest BCUT2D eigenvalue weighted by atomic mass is 16.3. The Morgan fingerprint density at radius 1 is 1.39 bits per heavy atom. The van der Waals surface area contributed by atoms with Gasteiger partial charge in [0.05, 0.1) is 13.2 Å². The smallest absolute Gasteiger partial charge is 0.122 e. The quantitative estimate of drug-likeness (QED) is 0.814. The molecule has 4 heteroatoms. The zero-order chi connectivity index (χ0) is 12.8. The van der Waals surface area contributed by atoms with Crippen molar-refractivity contribution in [3.63, 3.8) is 0 Å². The van der Waals surface area contributed by atoms with Crippen molar-refractivity contribution >= 4 is 0 Å². The predicted molar refractivity (Wildman–Crippen MR) is 72.3 cm³/mol. The fourth-order valence-corrected chi connectivity index (χ4v) is 2.84. The molecule has 0 atom stereocenters. The second-order valence-electron chi connectivity index (χ2n) is 5.39. The minimum absolute atomic E-state index is 0.0682. The van der Waals surface area contributed by atoms with Gasteiger partial charge in [0.25, 0.3) is 0 Å². The van der Waals surface area contributed by atoms with Gasteiger partial charge in [0.2, 0.25) is 0 Å². The minimum Gasteiger partial charge on any atom is -0.394 e. The fraction of sp³-hybridized carbons (Fsp3) is 0.786. The monoisotopic (exact) mass is 251 g/mol. The summed E-state index contributed by atoms with van der Waals surface area (Å²) in [5.41, 5.74) is -0.0682. The van der Waals surface area contributed by atoms with Crippen LogP contribution in [-0.2, 0) is 13.1 Å². The van der Waals surface area contributed by atoms with Gasteiger partial charge in [-0.2, -0.15) is 0 Å². The summed E-state index contributed by atoms with van der Waals surface area (Å²) >= 11 is 0. The average Bonchev–Trinajstić information content (AvgIpc) is 2.86. The molecule has 102 valence electrons. The Bertz CT molecular complexity index is 356. The maximum absolute atomic E-state index is 9.65. The number of aromatic nitrogens is 2. The molecular formula is C14H25N3O. The first-order valence-electron chi connectivity index (χ1n) is 7.15. The van der Waals surface area contributed by atoms with E-state index in [0.717, 1.165) is 38.2 Å². The molecule has 1 heterocycles. The standard InChI is InChI=1S/C14H25N3O/c1-2-9-17-10-8-15-13(17)11-16-14(12-18)6-4-3-5-7-14/h8,10,16,18H,2-7,9,11-12H2,1H3. The Kier molecular flexibility index (Phi) is 4.78. The van der Waals surface area contributed by atoms with Crippen LogP contribution in [0.5, 0.6) is 0 Å². The Labute approximate surface area is 109 Å². The van der Waals surface area contributed by atoms with E-state index in [2.05, 4.69) is 21.8 Å². The second kappa shape index (κ2) is 6.34. The molecule has 0 aliphatic heterocycles. The lowest BCUT2D eigenvalue weighted by atomic mass is 9.82. The van der Waals surface area contributed by atoms with Crippen LogP contribution in [0.2, 0.25) is 0 Å². The number of imidazole rings is 1. The zero-order valence-electron chi connectivity index (χ0n) is 11.4. The summed E-state index contributed by atoms with van der Waals surface area (Å²) in [6.07, 6.45) is 10.9. The van der Waals surface area contributed by atoms with E-state index in [9.17, 15) is 5.11 Å². The fourth-order valence-electron chi connectivity index (χ4n) is 2.84. The van der Waals surface area contributed by atoms with E-state index >= 15 is 0 Å². The molecule has 1 aromatic heterocycles. The molecule has 1 fully saturated rings. The van der Waals surface area contributed by atoms with E-state index in [4.69, 9.17) is 0 Å². The first kappa shape index (κ1) is 13.6. The molecule has 0 saturated heterocycles. The van der Waals surface area contributed by atoms with Crippen molar-refractivity contribution in [1.82, 2.24) is 14.9 Å². The molecule has 1 aliphatic rings. The van der Waals surface area contributed by atoms with Gasteiger partial charge >= 0.3 is 0 Å². The van der Waals surface area contributed by atoms with Crippen LogP contribution in [0.15, 0.2) is 12.4 Å². The first-order chi connectivity index (χ1) is 8.79. The second-order valence-corrected chi connectivity index (χ2v) is 5.39. The molecule has 0 unspecified atom stereocenters. The highest BCUT2D eigenvalue weighted by Crippen LogP contribution is 2.27. The Morgan fingerprint density at radius 3 is 2.83 bits per heavy atom. The van der Waals surface area contributed by atoms with Gasteiger partial charge in [0.1, 0.15) is 5.82 Å². The molecule has 0 bridgehead atoms. The maximum Gasteiger partial charge on any atom is 0.122 e. The number of rotatable bonds is 6. The number of nitrogens with zero attached hydrogens (tertiary/aromatic N) is 2. The van der Waals surface area contributed by atoms with Gasteiger partial charge in [-0.15, -0.1) is 0 Å². The molecule has 4 nitrogen and oxygen atoms in total. The number of aryl methyl sites for hydroxylation is 1. The topological polar surface area (TPSA) is 50.1 Å². The summed E-state index contributed by atoms with van der Waals surface area (Å²) in [6.45, 7) is 4.19. The van der Waals surface area contributed by atoms with Gasteiger partial charge in [-0.25, -0.2) is 4.98 Å². The lowest BCUT2D eigenvalue weighted by molar-refractivity contribution is 0.118. The van der Waals surface area contributed by atoms with E-state index in [1.807, 2.05) is 12.4 Å². The number of hydrogen-bond acceptors (Lipinski definition) is 3. The maximum atomic E-state index is 9.65. The Balaban J connectivity index is 1.94. The molecule has 2 rings (SSSR count). The number of hydrogen-bond donors (Lipinski definition) is 2. The summed E-state index contributed by atoms with van der Waals surface area (Å²) < 4.78 is 2.20. The van der Waals surface area contributed by atoms with Gasteiger partial charge in [-0.1, -0.05) is 26.2 Å². The molecule has 0 radical (unpaired) electrons. The number of nitrogens with one attached hydrogen (secondary N) is 1. The zero-order valence-corrected chi connectivity index (χ0v) is 11.4. The highest BCUT2D eigenvalue weighted by Gasteiger charge is 2.30. The van der Waals surface area contributed by atoms with Crippen molar-refractivity contribution in [3.8, 4) is 0 Å². The van der Waals surface area contributed by atoms with Crippen LogP contribution < -0.4 is 5.32 Å². The molecule has 1 aliphatic carbocycles. The molecule has 0 aromatic carbocycles. The molecule has 0 spiro atoms. The van der Waals surface area contributed by atoms with Gasteiger partial charge in [-0.05, 0) is 19.3 Å². The van der Waals surface area contributed by atoms with E-state index < -0.39 is 0 Å². The summed E-state index contributed by atoms with van der Waals surface area (Å²) in [6, 6.07) is 0. The van der Waals surface area contributed by atoms with Crippen molar-refractivity contribution in [3.05, 3.63) is 18.2 Å². The Hall–Kier alpha value is -0.870. The SMILES string of the molecule is CCCn1ccnc1CNC1(CO)CCCCC1. The van der Waals surface area contributed by atoms with Gasteiger partial charge in [0.15, 0.2) is 0 Å². The third-order valence-electron chi connectivity index (χ3n) is 4.00. The van der Waals surface area contributed by atoms with Crippen LogP contribution in [0.25, 0.3) is 0 Å². The molecule has 18 heavy (non-hydrogen) atoms. The van der Waals surface area contributed by atoms with E-state index in [1.54, 1.807) is 0 Å². The van der Waals surface area contributed by atoms with Gasteiger partial charge in [0, 0.05) is 24.5 Å². The van der Waals surface area contributed by atoms with Crippen LogP contribution in [-0.4, -0.2) is 26.8 Å². The lowest BCUT2D eigenvalue weighted by Gasteiger charge is -2.36. The van der Waals surface area contributed by atoms with Crippen molar-refractivity contribution in [2.24, 2.45) is 0 Å². The lowest BCUT2D eigenvalue weighted by Crippen LogP contribution is -2.49. The predicted octanol–water partition coefficient (Wildman–Crippen LogP) is 2.08. The first-order valence-corrected chi connectivity index (χ1v) is 7.15. The number of aliphatic hydroxyl groups is 1. The van der Waals surface area contributed by atoms with Crippen LogP contribution in [0.4, 0.5) is 0 Å². The summed E-state index contributed by atoms with van der Waals surface area (Å²) in [4.78, 5) is 4.40. The molecular weight excluding hydrogens is 226 g/mol. The van der Waals surface area contributed by atoms with Gasteiger partial charge < -0.3 is 15.0 Å². The van der Waals surface area contributed by atoms with Crippen molar-refractivity contribution in [1.29, 1.82) is 0 Å². The Morgan fingerprint density at radius 2 is 2.17 bits per heavy atom. The van der Waals surface area contributed by atoms with Crippen LogP contribution in [0, 0.1) is 0 Å². The van der Waals surface area contributed by atoms with Crippen molar-refractivity contribution in [2.75, 3.05) is 6.61 Å². The van der Waals surface area contributed by atoms with E-state index in [-0.39, 0.29) is 12.1 Å². The van der Waals surface area contributed by atoms with Gasteiger partial charge in [-0.3, -0.25) is 0 Å². The average molecular weight is 251 g/mol. The highest BCUT2D eigenvalue weighted by molar-refractivity contribution is 4.96. The van der Waals surface area contributed by atoms with E-state index in [1.165, 1.54) is 19.3 Å². The number of aliphatic hydroxyl groups excluding tert-OH is 1. The normalized spacial score (nSPS) is 19.0. The summed E-state index contributed by atoms with van der Waals surface area (Å²) in [5.74, 6) is 1.08. The summed E-state index contributed by atoms with van der Waals surface area (Å²) in [5, 5.41) is 13.2. The summed E-state index contributed by atoms with van der Waals surface area (Å²) in [7, 11) is 0. The molecule has 1 aromatic rings. The third kappa shape index (κ3) is 3.12.